The standard InChI is InChI=1S/C17H21N3O3S/c1-24-17-19-14(13-9-5-6-10-20(13)17)15(21)18-12-8-4-2-3-7-11(12)16(22)23/h5-6,9-12H,2-4,7-8H2,1H3,(H,18,21)(H,22,23)/t11-,12+/m1/s1. The first-order valence-corrected chi connectivity index (χ1v) is 9.39. The van der Waals surface area contributed by atoms with E-state index in [9.17, 15) is 14.7 Å². The van der Waals surface area contributed by atoms with Crippen molar-refractivity contribution in [2.75, 3.05) is 6.26 Å². The van der Waals surface area contributed by atoms with Gasteiger partial charge in [-0.2, -0.15) is 0 Å². The van der Waals surface area contributed by atoms with E-state index in [1.165, 1.54) is 11.8 Å². The number of carbonyl (C=O) groups excluding carboxylic acids is 1. The molecule has 7 heteroatoms. The van der Waals surface area contributed by atoms with Crippen LogP contribution in [0.5, 0.6) is 0 Å². The van der Waals surface area contributed by atoms with Crippen LogP contribution in [0.15, 0.2) is 29.6 Å². The van der Waals surface area contributed by atoms with E-state index >= 15 is 0 Å². The van der Waals surface area contributed by atoms with E-state index in [0.717, 1.165) is 29.9 Å². The molecule has 6 nitrogen and oxygen atoms in total. The molecule has 128 valence electrons. The summed E-state index contributed by atoms with van der Waals surface area (Å²) >= 11 is 1.47. The fourth-order valence-electron chi connectivity index (χ4n) is 3.33. The molecule has 1 aliphatic rings. The topological polar surface area (TPSA) is 83.7 Å². The zero-order chi connectivity index (χ0) is 17.1. The maximum atomic E-state index is 12.7. The van der Waals surface area contributed by atoms with Crippen LogP contribution in [0.25, 0.3) is 5.52 Å². The van der Waals surface area contributed by atoms with Crippen molar-refractivity contribution in [3.05, 3.63) is 30.1 Å². The number of nitrogens with one attached hydrogen (secondary N) is 1. The van der Waals surface area contributed by atoms with Crippen molar-refractivity contribution in [1.82, 2.24) is 14.7 Å². The maximum absolute atomic E-state index is 12.7. The lowest BCUT2D eigenvalue weighted by Crippen LogP contribution is -2.43. The average molecular weight is 347 g/mol. The second-order valence-electron chi connectivity index (χ2n) is 6.07. The lowest BCUT2D eigenvalue weighted by atomic mass is 9.95. The molecular formula is C17H21N3O3S. The van der Waals surface area contributed by atoms with E-state index in [2.05, 4.69) is 10.3 Å². The van der Waals surface area contributed by atoms with E-state index in [0.29, 0.717) is 18.5 Å². The smallest absolute Gasteiger partial charge is 0.308 e. The SMILES string of the molecule is CSc1nc(C(=O)N[C@H]2CCCCC[C@H]2C(=O)O)c2ccccn12. The lowest BCUT2D eigenvalue weighted by Gasteiger charge is -2.22. The highest BCUT2D eigenvalue weighted by Gasteiger charge is 2.31. The van der Waals surface area contributed by atoms with Gasteiger partial charge in [-0.05, 0) is 31.2 Å². The molecule has 1 fully saturated rings. The third kappa shape index (κ3) is 3.26. The third-order valence-corrected chi connectivity index (χ3v) is 5.22. The summed E-state index contributed by atoms with van der Waals surface area (Å²) in [6.45, 7) is 0. The van der Waals surface area contributed by atoms with Crippen LogP contribution in [0.3, 0.4) is 0 Å². The molecule has 1 aliphatic carbocycles. The highest BCUT2D eigenvalue weighted by molar-refractivity contribution is 7.98. The Morgan fingerprint density at radius 1 is 1.29 bits per heavy atom. The van der Waals surface area contributed by atoms with Crippen molar-refractivity contribution >= 4 is 29.2 Å². The van der Waals surface area contributed by atoms with E-state index in [1.54, 1.807) is 0 Å². The minimum absolute atomic E-state index is 0.294. The molecule has 0 saturated heterocycles. The van der Waals surface area contributed by atoms with Crippen LogP contribution in [0.1, 0.15) is 42.6 Å². The molecule has 2 N–H and O–H groups in total. The van der Waals surface area contributed by atoms with Crippen molar-refractivity contribution in [2.45, 2.75) is 43.3 Å². The first-order chi connectivity index (χ1) is 11.6. The van der Waals surface area contributed by atoms with Gasteiger partial charge in [0.05, 0.1) is 11.4 Å². The Bertz CT molecular complexity index is 759. The zero-order valence-corrected chi connectivity index (χ0v) is 14.4. The number of aromatic nitrogens is 2. The van der Waals surface area contributed by atoms with Crippen LogP contribution in [0.2, 0.25) is 0 Å². The van der Waals surface area contributed by atoms with Gasteiger partial charge in [0, 0.05) is 12.2 Å². The fourth-order valence-corrected chi connectivity index (χ4v) is 3.87. The number of thioether (sulfide) groups is 1. The molecule has 2 heterocycles. The molecule has 3 rings (SSSR count). The Morgan fingerprint density at radius 3 is 2.83 bits per heavy atom. The summed E-state index contributed by atoms with van der Waals surface area (Å²) in [7, 11) is 0. The molecule has 0 aromatic carbocycles. The minimum Gasteiger partial charge on any atom is -0.481 e. The van der Waals surface area contributed by atoms with Gasteiger partial charge < -0.3 is 10.4 Å². The van der Waals surface area contributed by atoms with Crippen molar-refractivity contribution in [3.8, 4) is 0 Å². The second-order valence-corrected chi connectivity index (χ2v) is 6.84. The normalized spacial score (nSPS) is 21.4. The molecule has 2 aromatic rings. The van der Waals surface area contributed by atoms with Crippen molar-refractivity contribution in [2.24, 2.45) is 5.92 Å². The zero-order valence-electron chi connectivity index (χ0n) is 13.6. The molecule has 0 aliphatic heterocycles. The Hall–Kier alpha value is -2.02. The van der Waals surface area contributed by atoms with Gasteiger partial charge in [0.25, 0.3) is 5.91 Å². The monoisotopic (exact) mass is 347 g/mol. The van der Waals surface area contributed by atoms with Crippen LogP contribution in [0, 0.1) is 5.92 Å². The molecule has 2 atom stereocenters. The largest absolute Gasteiger partial charge is 0.481 e. The molecule has 2 aromatic heterocycles. The summed E-state index contributed by atoms with van der Waals surface area (Å²) < 4.78 is 1.88. The average Bonchev–Trinajstić information content (AvgIpc) is 2.79. The van der Waals surface area contributed by atoms with Crippen molar-refractivity contribution < 1.29 is 14.7 Å². The summed E-state index contributed by atoms with van der Waals surface area (Å²) in [5, 5.41) is 13.1. The van der Waals surface area contributed by atoms with Crippen LogP contribution >= 0.6 is 11.8 Å². The minimum atomic E-state index is -0.832. The first kappa shape index (κ1) is 16.8. The Kier molecular flexibility index (Phi) is 5.08. The quantitative estimate of drug-likeness (QED) is 0.656. The number of rotatable bonds is 4. The first-order valence-electron chi connectivity index (χ1n) is 8.16. The van der Waals surface area contributed by atoms with Gasteiger partial charge in [0.2, 0.25) is 0 Å². The van der Waals surface area contributed by atoms with Gasteiger partial charge in [-0.25, -0.2) is 4.98 Å². The molecular weight excluding hydrogens is 326 g/mol. The van der Waals surface area contributed by atoms with Crippen LogP contribution in [-0.2, 0) is 4.79 Å². The van der Waals surface area contributed by atoms with Gasteiger partial charge in [-0.1, -0.05) is 37.1 Å². The van der Waals surface area contributed by atoms with E-state index < -0.39 is 11.9 Å². The molecule has 0 unspecified atom stereocenters. The number of carboxylic acids is 1. The molecule has 0 bridgehead atoms. The molecule has 1 amide bonds. The summed E-state index contributed by atoms with van der Waals surface area (Å²) in [6, 6.07) is 5.27. The van der Waals surface area contributed by atoms with E-state index in [1.807, 2.05) is 35.1 Å². The second kappa shape index (κ2) is 7.25. The maximum Gasteiger partial charge on any atom is 0.308 e. The molecule has 0 spiro atoms. The van der Waals surface area contributed by atoms with Gasteiger partial charge >= 0.3 is 5.97 Å². The number of fused-ring (bicyclic) bond motifs is 1. The molecule has 0 radical (unpaired) electrons. The van der Waals surface area contributed by atoms with Crippen molar-refractivity contribution in [3.63, 3.8) is 0 Å². The van der Waals surface area contributed by atoms with Gasteiger partial charge in [-0.3, -0.25) is 14.0 Å². The fraction of sp³-hybridized carbons (Fsp3) is 0.471. The number of carbonyl (C=O) groups is 2. The number of amides is 1. The number of carboxylic acid groups (broad SMARTS) is 1. The molecule has 24 heavy (non-hydrogen) atoms. The van der Waals surface area contributed by atoms with Gasteiger partial charge in [0.1, 0.15) is 0 Å². The van der Waals surface area contributed by atoms with Crippen molar-refractivity contribution in [1.29, 1.82) is 0 Å². The Morgan fingerprint density at radius 2 is 2.08 bits per heavy atom. The van der Waals surface area contributed by atoms with Gasteiger partial charge in [0.15, 0.2) is 10.9 Å². The number of hydrogen-bond donors (Lipinski definition) is 2. The summed E-state index contributed by atoms with van der Waals surface area (Å²) in [5.41, 5.74) is 1.09. The predicted octanol–water partition coefficient (Wildman–Crippen LogP) is 2.82. The summed E-state index contributed by atoms with van der Waals surface area (Å²) in [4.78, 5) is 28.7. The highest BCUT2D eigenvalue weighted by Crippen LogP contribution is 2.25. The number of aliphatic carboxylic acids is 1. The predicted molar refractivity (Wildman–Crippen MR) is 92.4 cm³/mol. The third-order valence-electron chi connectivity index (χ3n) is 4.56. The number of nitrogens with zero attached hydrogens (tertiary/aromatic N) is 2. The van der Waals surface area contributed by atoms with Crippen LogP contribution in [0.4, 0.5) is 0 Å². The number of hydrogen-bond acceptors (Lipinski definition) is 4. The van der Waals surface area contributed by atoms with Gasteiger partial charge in [-0.15, -0.1) is 0 Å². The summed E-state index contributed by atoms with van der Waals surface area (Å²) in [6.07, 6.45) is 7.94. The molecule has 1 saturated carbocycles. The van der Waals surface area contributed by atoms with E-state index in [-0.39, 0.29) is 11.9 Å². The van der Waals surface area contributed by atoms with Crippen LogP contribution < -0.4 is 5.32 Å². The lowest BCUT2D eigenvalue weighted by molar-refractivity contribution is -0.142. The number of pyridine rings is 1. The highest BCUT2D eigenvalue weighted by atomic mass is 32.2. The Balaban J connectivity index is 1.87. The summed E-state index contributed by atoms with van der Waals surface area (Å²) in [5.74, 6) is -1.65. The van der Waals surface area contributed by atoms with E-state index in [4.69, 9.17) is 0 Å². The Labute approximate surface area is 144 Å². The number of imidazole rings is 1. The van der Waals surface area contributed by atoms with Crippen LogP contribution in [-0.4, -0.2) is 38.7 Å².